The van der Waals surface area contributed by atoms with Crippen LogP contribution in [0.2, 0.25) is 0 Å². The van der Waals surface area contributed by atoms with Gasteiger partial charge in [-0.2, -0.15) is 0 Å². The summed E-state index contributed by atoms with van der Waals surface area (Å²) in [6, 6.07) is 6.76. The molecule has 3 aromatic carbocycles. The lowest BCUT2D eigenvalue weighted by atomic mass is 9.76. The number of halogens is 1. The summed E-state index contributed by atoms with van der Waals surface area (Å²) in [5, 5.41) is 33.2. The first kappa shape index (κ1) is 68.1. The fourth-order valence-electron chi connectivity index (χ4n) is 8.71. The van der Waals surface area contributed by atoms with E-state index in [0.29, 0.717) is 17.0 Å². The van der Waals surface area contributed by atoms with Gasteiger partial charge in [-0.15, -0.1) is 0 Å². The molecule has 28 heteroatoms. The fourth-order valence-corrected chi connectivity index (χ4v) is 9.07. The highest BCUT2D eigenvalue weighted by molar-refractivity contribution is 14.1. The summed E-state index contributed by atoms with van der Waals surface area (Å²) in [6.45, 7) is 16.5. The number of para-hydroxylation sites is 1. The third-order valence-electron chi connectivity index (χ3n) is 14.3. The minimum absolute atomic E-state index is 0.0623. The first-order valence-corrected chi connectivity index (χ1v) is 28.9. The lowest BCUT2D eigenvalue weighted by molar-refractivity contribution is -0.138. The fraction of sp³-hybridized carbons (Fsp3) is 0.466. The average Bonchev–Trinajstić information content (AvgIpc) is 1.04. The van der Waals surface area contributed by atoms with Gasteiger partial charge in [-0.1, -0.05) is 24.3 Å². The summed E-state index contributed by atoms with van der Waals surface area (Å²) in [7, 11) is 0. The molecule has 13 amide bonds. The van der Waals surface area contributed by atoms with Crippen LogP contribution in [0.25, 0.3) is 0 Å². The molecule has 5 rings (SSSR count). The van der Waals surface area contributed by atoms with Gasteiger partial charge in [0.05, 0.1) is 5.56 Å². The maximum Gasteiger partial charge on any atom is 0.255 e. The quantitative estimate of drug-likeness (QED) is 0.0643. The number of hydrogen-bond donors (Lipinski definition) is 13. The van der Waals surface area contributed by atoms with Crippen molar-refractivity contribution in [2.45, 2.75) is 174 Å². The summed E-state index contributed by atoms with van der Waals surface area (Å²) in [6.07, 6.45) is 0.204. The summed E-state index contributed by atoms with van der Waals surface area (Å²) in [5.74, 6) is -9.06. The van der Waals surface area contributed by atoms with Crippen LogP contribution in [0, 0.1) is 3.57 Å². The van der Waals surface area contributed by atoms with Crippen molar-refractivity contribution in [3.63, 3.8) is 0 Å². The van der Waals surface area contributed by atoms with Crippen molar-refractivity contribution in [3.8, 4) is 11.5 Å². The van der Waals surface area contributed by atoms with Gasteiger partial charge >= 0.3 is 0 Å². The monoisotopic (exact) mass is 1310 g/mol. The number of hydrogen-bond acceptors (Lipinski definition) is 14. The molecule has 0 radical (unpaired) electrons. The molecule has 11 atom stereocenters. The molecular weight excluding hydrogens is 1230 g/mol. The topological polar surface area (TPSA) is 388 Å². The van der Waals surface area contributed by atoms with Crippen LogP contribution < -0.4 is 73.9 Å². The highest BCUT2D eigenvalue weighted by atomic mass is 127. The summed E-state index contributed by atoms with van der Waals surface area (Å²) >= 11 is 2.12. The minimum atomic E-state index is -1.70. The molecule has 2 aliphatic rings. The molecule has 0 saturated carbocycles. The summed E-state index contributed by atoms with van der Waals surface area (Å²) < 4.78 is 7.30. The van der Waals surface area contributed by atoms with Crippen molar-refractivity contribution in [2.75, 3.05) is 5.32 Å². The molecule has 3 aromatic rings. The van der Waals surface area contributed by atoms with Crippen molar-refractivity contribution >= 4 is 105 Å². The van der Waals surface area contributed by atoms with E-state index in [1.807, 2.05) is 6.07 Å². The molecular formula is C58H76IN13O14. The van der Waals surface area contributed by atoms with Gasteiger partial charge < -0.3 is 73.9 Å². The van der Waals surface area contributed by atoms with Gasteiger partial charge in [0.2, 0.25) is 70.9 Å². The molecule has 0 spiro atoms. The van der Waals surface area contributed by atoms with Crippen LogP contribution >= 0.6 is 22.6 Å². The lowest BCUT2D eigenvalue weighted by Gasteiger charge is -2.39. The minimum Gasteiger partial charge on any atom is -0.456 e. The Morgan fingerprint density at radius 1 is 0.535 bits per heavy atom. The Hall–Kier alpha value is -8.70. The third-order valence-corrected chi connectivity index (χ3v) is 15.0. The third kappa shape index (κ3) is 18.2. The Morgan fingerprint density at radius 3 is 1.50 bits per heavy atom. The summed E-state index contributed by atoms with van der Waals surface area (Å²) in [4.78, 5) is 173. The first-order valence-electron chi connectivity index (χ1n) is 27.9. The van der Waals surface area contributed by atoms with Gasteiger partial charge in [-0.05, 0) is 167 Å². The van der Waals surface area contributed by atoms with Crippen LogP contribution in [0.1, 0.15) is 111 Å². The number of amides is 13. The largest absolute Gasteiger partial charge is 0.456 e. The standard InChI is InChI=1S/C58H76IN13O14/c1-27(44(73)60-28(2)45(74)62-30(4)47(76)65-35(9)52(81)71-57(11,12)55(84)68-33(7)49(78)64-32(6)51(80)70-39-22-20-38(59)21-23-39)61-46(75)29(3)63-50(79)34(8)69-56(85)58-25-24-37-16-15-19-43(41(37)26-58)86-42-18-14-13-17-40(42)54(83)67-31(5)48(77)66-36(10)53(82)72-58/h13-23,27-36H,24-26H2,1-12H3,(H,60,73)(H,61,75)(H,62,74)(H,63,79)(H,64,78)(H,65,76)(H,66,77)(H,67,83)(H,68,84)(H,69,85)(H,70,80)(H,71,81)(H,72,82). The number of nitrogens with one attached hydrogen (secondary N) is 13. The van der Waals surface area contributed by atoms with Crippen LogP contribution in [0.3, 0.4) is 0 Å². The van der Waals surface area contributed by atoms with Crippen molar-refractivity contribution in [1.82, 2.24) is 63.8 Å². The molecule has 27 nitrogen and oxygen atoms in total. The SMILES string of the molecule is CC1NC(=O)c2ccccc2Oc2cccc3c2CC(C(=O)NC(C)C(=O)NC(C)C(=O)NC(C)C(=O)NC(C)C(=O)NC(C)C(=O)NC(C)C(=O)NC(C)(C)C(=O)NC(C)C(=O)NC(C)C(=O)Nc2ccc(I)cc2)(CC3)NC(=O)C(C)NC1=O. The van der Waals surface area contributed by atoms with Crippen molar-refractivity contribution in [2.24, 2.45) is 0 Å². The van der Waals surface area contributed by atoms with Crippen molar-refractivity contribution in [1.29, 1.82) is 0 Å². The Bertz CT molecular complexity index is 3140. The number of aryl methyl sites for hydroxylation is 1. The van der Waals surface area contributed by atoms with E-state index in [0.717, 1.165) is 9.13 Å². The number of fused-ring (bicyclic) bond motifs is 2. The second-order valence-electron chi connectivity index (χ2n) is 22.0. The van der Waals surface area contributed by atoms with Gasteiger partial charge in [-0.25, -0.2) is 0 Å². The highest BCUT2D eigenvalue weighted by Gasteiger charge is 2.46. The predicted octanol–water partition coefficient (Wildman–Crippen LogP) is -0.365. The normalized spacial score (nSPS) is 19.4. The molecule has 86 heavy (non-hydrogen) atoms. The lowest BCUT2D eigenvalue weighted by Crippen LogP contribution is -2.66. The Labute approximate surface area is 511 Å². The molecule has 11 unspecified atom stereocenters. The number of rotatable bonds is 20. The van der Waals surface area contributed by atoms with E-state index in [1.165, 1.54) is 89.2 Å². The number of carbonyl (C=O) groups is 13. The van der Waals surface area contributed by atoms with Gasteiger partial charge in [0.15, 0.2) is 0 Å². The summed E-state index contributed by atoms with van der Waals surface area (Å²) in [5.41, 5.74) is -1.29. The number of carbonyl (C=O) groups excluding carboxylic acids is 13. The van der Waals surface area contributed by atoms with Crippen molar-refractivity contribution < 1.29 is 67.1 Å². The second kappa shape index (κ2) is 29.4. The van der Waals surface area contributed by atoms with Crippen LogP contribution in [0.15, 0.2) is 66.7 Å². The molecule has 0 aromatic heterocycles. The Morgan fingerprint density at radius 2 is 0.977 bits per heavy atom. The highest BCUT2D eigenvalue weighted by Crippen LogP contribution is 2.38. The van der Waals surface area contributed by atoms with E-state index >= 15 is 0 Å². The van der Waals surface area contributed by atoms with E-state index in [-0.39, 0.29) is 30.6 Å². The first-order chi connectivity index (χ1) is 40.2. The maximum atomic E-state index is 14.5. The van der Waals surface area contributed by atoms with Gasteiger partial charge in [0.1, 0.15) is 83.0 Å². The molecule has 1 aliphatic carbocycles. The number of anilines is 1. The maximum absolute atomic E-state index is 14.5. The number of benzene rings is 3. The zero-order valence-corrected chi connectivity index (χ0v) is 52.0. The van der Waals surface area contributed by atoms with Gasteiger partial charge in [0.25, 0.3) is 5.91 Å². The van der Waals surface area contributed by atoms with E-state index in [1.54, 1.807) is 54.6 Å². The Balaban J connectivity index is 1.09. The van der Waals surface area contributed by atoms with Crippen LogP contribution in [0.5, 0.6) is 11.5 Å². The molecule has 13 N–H and O–H groups in total. The van der Waals surface area contributed by atoms with E-state index < -0.39 is 148 Å². The molecule has 1 aliphatic heterocycles. The molecule has 2 bridgehead atoms. The van der Waals surface area contributed by atoms with Crippen LogP contribution in [-0.4, -0.2) is 148 Å². The molecule has 1 heterocycles. The van der Waals surface area contributed by atoms with Gasteiger partial charge in [-0.3, -0.25) is 62.3 Å². The Kier molecular flexibility index (Phi) is 23.3. The molecule has 0 fully saturated rings. The average molecular weight is 1310 g/mol. The smallest absolute Gasteiger partial charge is 0.255 e. The van der Waals surface area contributed by atoms with E-state index in [2.05, 4.69) is 91.7 Å². The van der Waals surface area contributed by atoms with Crippen molar-refractivity contribution in [3.05, 3.63) is 87.0 Å². The zero-order chi connectivity index (χ0) is 64.1. The van der Waals surface area contributed by atoms with Gasteiger partial charge in [0, 0.05) is 21.2 Å². The predicted molar refractivity (Wildman–Crippen MR) is 321 cm³/mol. The number of ether oxygens (including phenoxy) is 1. The zero-order valence-electron chi connectivity index (χ0n) is 49.8. The van der Waals surface area contributed by atoms with Crippen LogP contribution in [-0.2, 0) is 70.4 Å². The molecule has 0 saturated heterocycles. The second-order valence-corrected chi connectivity index (χ2v) is 23.3. The van der Waals surface area contributed by atoms with Crippen LogP contribution in [0.4, 0.5) is 5.69 Å². The molecule has 464 valence electrons. The van der Waals surface area contributed by atoms with E-state index in [4.69, 9.17) is 4.74 Å². The van der Waals surface area contributed by atoms with E-state index in [9.17, 15) is 62.3 Å².